The third-order valence-electron chi connectivity index (χ3n) is 3.60. The van der Waals surface area contributed by atoms with Gasteiger partial charge in [0.25, 0.3) is 0 Å². The van der Waals surface area contributed by atoms with Crippen LogP contribution in [-0.2, 0) is 0 Å². The minimum absolute atomic E-state index is 0.194. The third-order valence-corrected chi connectivity index (χ3v) is 3.60. The quantitative estimate of drug-likeness (QED) is 0.684. The zero-order valence-corrected chi connectivity index (χ0v) is 13.5. The summed E-state index contributed by atoms with van der Waals surface area (Å²) in [5.41, 5.74) is 1.97. The fourth-order valence-electron chi connectivity index (χ4n) is 2.32. The van der Waals surface area contributed by atoms with Crippen molar-refractivity contribution in [3.63, 3.8) is 0 Å². The van der Waals surface area contributed by atoms with Gasteiger partial charge in [-0.2, -0.15) is 0 Å². The third kappa shape index (κ3) is 3.60. The smallest absolute Gasteiger partial charge is 0.134 e. The second-order valence-electron chi connectivity index (χ2n) is 5.58. The van der Waals surface area contributed by atoms with E-state index < -0.39 is 0 Å². The molecule has 122 valence electrons. The molecule has 3 aromatic rings. The Hall–Kier alpha value is -3.14. The van der Waals surface area contributed by atoms with Crippen molar-refractivity contribution in [2.24, 2.45) is 0 Å². The van der Waals surface area contributed by atoms with Gasteiger partial charge >= 0.3 is 0 Å². The maximum Gasteiger partial charge on any atom is 0.134 e. The van der Waals surface area contributed by atoms with Crippen molar-refractivity contribution < 1.29 is 19.7 Å². The van der Waals surface area contributed by atoms with Crippen molar-refractivity contribution in [1.29, 1.82) is 0 Å². The lowest BCUT2D eigenvalue weighted by Gasteiger charge is -2.14. The lowest BCUT2D eigenvalue weighted by molar-refractivity contribution is 0.448. The first kappa shape index (κ1) is 15.7. The molecule has 0 spiro atoms. The monoisotopic (exact) mass is 322 g/mol. The van der Waals surface area contributed by atoms with E-state index in [0.29, 0.717) is 23.0 Å². The van der Waals surface area contributed by atoms with Gasteiger partial charge in [0.15, 0.2) is 0 Å². The molecule has 0 aromatic heterocycles. The maximum atomic E-state index is 9.35. The van der Waals surface area contributed by atoms with E-state index in [-0.39, 0.29) is 11.5 Å². The van der Waals surface area contributed by atoms with Crippen molar-refractivity contribution in [3.05, 3.63) is 71.8 Å². The number of hydrogen-bond acceptors (Lipinski definition) is 4. The van der Waals surface area contributed by atoms with Crippen LogP contribution in [0.25, 0.3) is 0 Å². The minimum Gasteiger partial charge on any atom is -0.508 e. The summed E-state index contributed by atoms with van der Waals surface area (Å²) in [7, 11) is 0. The Balaban J connectivity index is 1.87. The highest BCUT2D eigenvalue weighted by atomic mass is 16.5. The summed E-state index contributed by atoms with van der Waals surface area (Å²) in [6.45, 7) is 3.93. The largest absolute Gasteiger partial charge is 0.508 e. The Bertz CT molecular complexity index is 768. The van der Waals surface area contributed by atoms with E-state index >= 15 is 0 Å². The van der Waals surface area contributed by atoms with Gasteiger partial charge in [-0.15, -0.1) is 0 Å². The number of benzene rings is 3. The average Bonchev–Trinajstić information content (AvgIpc) is 2.56. The summed E-state index contributed by atoms with van der Waals surface area (Å²) in [5.74, 6) is 3.02. The van der Waals surface area contributed by atoms with Crippen molar-refractivity contribution in [2.45, 2.75) is 13.8 Å². The van der Waals surface area contributed by atoms with Gasteiger partial charge in [0.2, 0.25) is 0 Å². The number of aromatic hydroxyl groups is 2. The summed E-state index contributed by atoms with van der Waals surface area (Å²) in [6.07, 6.45) is 0. The molecule has 0 saturated heterocycles. The lowest BCUT2D eigenvalue weighted by atomic mass is 10.1. The van der Waals surface area contributed by atoms with Gasteiger partial charge in [0.05, 0.1) is 0 Å². The zero-order chi connectivity index (χ0) is 17.1. The molecule has 4 heteroatoms. The van der Waals surface area contributed by atoms with Crippen LogP contribution in [0.15, 0.2) is 60.7 Å². The van der Waals surface area contributed by atoms with Crippen LogP contribution in [0.3, 0.4) is 0 Å². The van der Waals surface area contributed by atoms with E-state index in [0.717, 1.165) is 11.1 Å². The fraction of sp³-hybridized carbons (Fsp3) is 0.100. The van der Waals surface area contributed by atoms with Crippen molar-refractivity contribution in [3.8, 4) is 34.5 Å². The zero-order valence-electron chi connectivity index (χ0n) is 13.5. The number of ether oxygens (including phenoxy) is 2. The molecule has 0 heterocycles. The van der Waals surface area contributed by atoms with Gasteiger partial charge in [-0.05, 0) is 79.6 Å². The minimum atomic E-state index is 0.194. The highest BCUT2D eigenvalue weighted by molar-refractivity contribution is 5.49. The number of aryl methyl sites for hydroxylation is 2. The molecule has 0 atom stereocenters. The maximum absolute atomic E-state index is 9.35. The van der Waals surface area contributed by atoms with Crippen molar-refractivity contribution >= 4 is 0 Å². The molecule has 2 N–H and O–H groups in total. The van der Waals surface area contributed by atoms with E-state index in [1.165, 1.54) is 0 Å². The van der Waals surface area contributed by atoms with Gasteiger partial charge in [-0.3, -0.25) is 0 Å². The SMILES string of the molecule is Cc1cc(C)c(Oc2ccc(O)cc2)cc1Oc1ccc(O)cc1. The van der Waals surface area contributed by atoms with Crippen LogP contribution < -0.4 is 9.47 Å². The molecule has 0 fully saturated rings. The summed E-state index contributed by atoms with van der Waals surface area (Å²) in [5, 5.41) is 18.7. The highest BCUT2D eigenvalue weighted by Gasteiger charge is 2.09. The Morgan fingerprint density at radius 1 is 0.583 bits per heavy atom. The number of rotatable bonds is 4. The molecule has 4 nitrogen and oxygen atoms in total. The summed E-state index contributed by atoms with van der Waals surface area (Å²) >= 11 is 0. The Morgan fingerprint density at radius 3 is 1.33 bits per heavy atom. The summed E-state index contributed by atoms with van der Waals surface area (Å²) in [6, 6.07) is 16.9. The van der Waals surface area contributed by atoms with E-state index in [4.69, 9.17) is 9.47 Å². The number of hydrogen-bond donors (Lipinski definition) is 2. The second-order valence-corrected chi connectivity index (χ2v) is 5.58. The first-order valence-electron chi connectivity index (χ1n) is 7.56. The molecule has 24 heavy (non-hydrogen) atoms. The topological polar surface area (TPSA) is 58.9 Å². The van der Waals surface area contributed by atoms with Gasteiger partial charge in [0, 0.05) is 6.07 Å². The Kier molecular flexibility index (Phi) is 4.29. The molecule has 0 amide bonds. The molecular weight excluding hydrogens is 304 g/mol. The van der Waals surface area contributed by atoms with E-state index in [9.17, 15) is 10.2 Å². The molecule has 0 radical (unpaired) electrons. The lowest BCUT2D eigenvalue weighted by Crippen LogP contribution is -1.93. The molecule has 3 rings (SSSR count). The van der Waals surface area contributed by atoms with Crippen LogP contribution in [0, 0.1) is 13.8 Å². The van der Waals surface area contributed by atoms with Gasteiger partial charge in [0.1, 0.15) is 34.5 Å². The normalized spacial score (nSPS) is 10.4. The van der Waals surface area contributed by atoms with Crippen LogP contribution in [0.2, 0.25) is 0 Å². The van der Waals surface area contributed by atoms with Gasteiger partial charge in [-0.1, -0.05) is 0 Å². The first-order valence-corrected chi connectivity index (χ1v) is 7.56. The molecule has 0 aliphatic carbocycles. The Labute approximate surface area is 140 Å². The fourth-order valence-corrected chi connectivity index (χ4v) is 2.32. The molecule has 0 bridgehead atoms. The van der Waals surface area contributed by atoms with Crippen LogP contribution in [-0.4, -0.2) is 10.2 Å². The predicted octanol–water partition coefficient (Wildman–Crippen LogP) is 5.30. The summed E-state index contributed by atoms with van der Waals surface area (Å²) < 4.78 is 11.8. The standard InChI is InChI=1S/C20H18O4/c1-13-11-14(2)20(24-18-9-5-16(22)6-10-18)12-19(13)23-17-7-3-15(21)4-8-17/h3-12,21-22H,1-2H3. The summed E-state index contributed by atoms with van der Waals surface area (Å²) in [4.78, 5) is 0. The van der Waals surface area contributed by atoms with E-state index in [1.807, 2.05) is 26.0 Å². The molecule has 0 saturated carbocycles. The highest BCUT2D eigenvalue weighted by Crippen LogP contribution is 2.34. The average molecular weight is 322 g/mol. The van der Waals surface area contributed by atoms with Crippen LogP contribution in [0.4, 0.5) is 0 Å². The predicted molar refractivity (Wildman–Crippen MR) is 92.3 cm³/mol. The number of phenols is 2. The molecule has 3 aromatic carbocycles. The van der Waals surface area contributed by atoms with Gasteiger partial charge < -0.3 is 19.7 Å². The van der Waals surface area contributed by atoms with Crippen LogP contribution in [0.5, 0.6) is 34.5 Å². The number of phenolic OH excluding ortho intramolecular Hbond substituents is 2. The second kappa shape index (κ2) is 6.54. The first-order chi connectivity index (χ1) is 11.5. The van der Waals surface area contributed by atoms with Gasteiger partial charge in [-0.25, -0.2) is 0 Å². The van der Waals surface area contributed by atoms with Crippen LogP contribution >= 0.6 is 0 Å². The molecule has 0 aliphatic rings. The van der Waals surface area contributed by atoms with Crippen LogP contribution in [0.1, 0.15) is 11.1 Å². The molecular formula is C20H18O4. The molecule has 0 aliphatic heterocycles. The molecule has 0 unspecified atom stereocenters. The Morgan fingerprint density at radius 2 is 0.958 bits per heavy atom. The van der Waals surface area contributed by atoms with E-state index in [2.05, 4.69) is 0 Å². The van der Waals surface area contributed by atoms with Crippen molar-refractivity contribution in [1.82, 2.24) is 0 Å². The van der Waals surface area contributed by atoms with Crippen molar-refractivity contribution in [2.75, 3.05) is 0 Å². The van der Waals surface area contributed by atoms with E-state index in [1.54, 1.807) is 48.5 Å².